The number of halogens is 3. The molecule has 2 heterocycles. The lowest BCUT2D eigenvalue weighted by Gasteiger charge is -2.32. The Hall–Kier alpha value is -0.420. The van der Waals surface area contributed by atoms with Crippen LogP contribution in [0.5, 0.6) is 0 Å². The lowest BCUT2D eigenvalue weighted by atomic mass is 9.81. The Morgan fingerprint density at radius 1 is 1.08 bits per heavy atom. The average molecular weight is 475 g/mol. The van der Waals surface area contributed by atoms with Crippen molar-refractivity contribution in [2.24, 2.45) is 5.92 Å². The monoisotopic (exact) mass is 472 g/mol. The number of nitrogens with zero attached hydrogens (tertiary/aromatic N) is 1. The minimum atomic E-state index is 0.347. The van der Waals surface area contributed by atoms with Gasteiger partial charge in [0.2, 0.25) is 0 Å². The van der Waals surface area contributed by atoms with Gasteiger partial charge in [-0.3, -0.25) is 4.98 Å². The molecule has 1 atom stereocenters. The number of piperidine rings is 1. The van der Waals surface area contributed by atoms with Gasteiger partial charge in [-0.1, -0.05) is 27.5 Å². The zero-order chi connectivity index (χ0) is 16.7. The van der Waals surface area contributed by atoms with Crippen molar-refractivity contribution in [3.63, 3.8) is 0 Å². The third-order valence-electron chi connectivity index (χ3n) is 5.27. The third-order valence-corrected chi connectivity index (χ3v) is 6.58. The number of aryl methyl sites for hydroxylation is 2. The molecule has 2 aliphatic rings. The van der Waals surface area contributed by atoms with Crippen LogP contribution in [0.4, 0.5) is 0 Å². The fraction of sp³-hybridized carbons (Fsp3) is 0.421. The van der Waals surface area contributed by atoms with E-state index in [1.54, 1.807) is 0 Å². The molecule has 1 saturated heterocycles. The standard InChI is InChI=1S/C19H19Br2ClN2/c20-14-7-13-2-1-12-8-15(22)9-16(21)17(12)18(19(13)24-10-14)11-3-5-23-6-4-11/h7-11,18,23H,1-6H2/t18-/m1/s1/i5+2,6+2. The second kappa shape index (κ2) is 7.06. The second-order valence-electron chi connectivity index (χ2n) is 6.72. The van der Waals surface area contributed by atoms with Crippen LogP contribution in [0.2, 0.25) is 5.02 Å². The Balaban J connectivity index is 1.91. The predicted molar refractivity (Wildman–Crippen MR) is 106 cm³/mol. The molecule has 1 aromatic carbocycles. The summed E-state index contributed by atoms with van der Waals surface area (Å²) < 4.78 is 2.19. The Morgan fingerprint density at radius 2 is 1.83 bits per heavy atom. The molecule has 0 unspecified atom stereocenters. The van der Waals surface area contributed by atoms with Crippen LogP contribution >= 0.6 is 43.5 Å². The fourth-order valence-electron chi connectivity index (χ4n) is 4.21. The van der Waals surface area contributed by atoms with Crippen molar-refractivity contribution in [3.05, 3.63) is 60.7 Å². The highest BCUT2D eigenvalue weighted by molar-refractivity contribution is 9.10. The summed E-state index contributed by atoms with van der Waals surface area (Å²) in [4.78, 5) is 4.88. The first-order chi connectivity index (χ1) is 11.6. The predicted octanol–water partition coefficient (Wildman–Crippen LogP) is 5.49. The largest absolute Gasteiger partial charge is 0.317 e. The molecule has 0 spiro atoms. The van der Waals surface area contributed by atoms with Gasteiger partial charge in [-0.05, 0) is 95.5 Å². The molecule has 2 aromatic rings. The van der Waals surface area contributed by atoms with Crippen LogP contribution in [-0.2, 0) is 12.8 Å². The van der Waals surface area contributed by atoms with Gasteiger partial charge in [0.15, 0.2) is 0 Å². The fourth-order valence-corrected chi connectivity index (χ4v) is 5.71. The molecule has 0 saturated carbocycles. The number of benzene rings is 1. The SMILES string of the molecule is Clc1cc(Br)c2c(c1)CCc1cc(Br)cnc1[C@@H]2C1C[14CH2]N[14CH2]C1. The quantitative estimate of drug-likeness (QED) is 0.591. The van der Waals surface area contributed by atoms with Crippen LogP contribution in [0.3, 0.4) is 0 Å². The van der Waals surface area contributed by atoms with Crippen LogP contribution in [0.15, 0.2) is 33.3 Å². The summed E-state index contributed by atoms with van der Waals surface area (Å²) in [6, 6.07) is 6.44. The second-order valence-corrected chi connectivity index (χ2v) is 8.93. The summed E-state index contributed by atoms with van der Waals surface area (Å²) in [6.45, 7) is 2.18. The highest BCUT2D eigenvalue weighted by Crippen LogP contribution is 2.45. The first-order valence-corrected chi connectivity index (χ1v) is 10.4. The van der Waals surface area contributed by atoms with Gasteiger partial charge in [0.25, 0.3) is 0 Å². The maximum atomic E-state index is 6.34. The van der Waals surface area contributed by atoms with Crippen LogP contribution in [-0.4, -0.2) is 18.1 Å². The normalized spacial score (nSPS) is 21.0. The zero-order valence-electron chi connectivity index (χ0n) is 13.3. The first-order valence-electron chi connectivity index (χ1n) is 8.46. The van der Waals surface area contributed by atoms with Crippen molar-refractivity contribution in [3.8, 4) is 0 Å². The Kier molecular flexibility index (Phi) is 5.01. The molecule has 24 heavy (non-hydrogen) atoms. The molecule has 126 valence electrons. The molecule has 1 fully saturated rings. The molecule has 0 radical (unpaired) electrons. The molecule has 4 rings (SSSR count). The summed E-state index contributed by atoms with van der Waals surface area (Å²) in [7, 11) is 0. The van der Waals surface area contributed by atoms with Gasteiger partial charge >= 0.3 is 0 Å². The van der Waals surface area contributed by atoms with E-state index in [-0.39, 0.29) is 0 Å². The number of hydrogen-bond acceptors (Lipinski definition) is 2. The molecule has 1 aliphatic carbocycles. The highest BCUT2D eigenvalue weighted by Gasteiger charge is 2.34. The maximum Gasteiger partial charge on any atom is 0.0514 e. The number of pyridine rings is 1. The van der Waals surface area contributed by atoms with E-state index in [0.717, 1.165) is 39.9 Å². The number of hydrogen-bond donors (Lipinski definition) is 1. The molecule has 5 heteroatoms. The van der Waals surface area contributed by atoms with Crippen molar-refractivity contribution in [2.45, 2.75) is 31.6 Å². The third kappa shape index (κ3) is 3.18. The van der Waals surface area contributed by atoms with E-state index < -0.39 is 0 Å². The smallest absolute Gasteiger partial charge is 0.0514 e. The van der Waals surface area contributed by atoms with Gasteiger partial charge in [0.1, 0.15) is 0 Å². The molecular formula is C19H19Br2ClN2. The van der Waals surface area contributed by atoms with Gasteiger partial charge in [-0.25, -0.2) is 0 Å². The Morgan fingerprint density at radius 3 is 2.62 bits per heavy atom. The lowest BCUT2D eigenvalue weighted by Crippen LogP contribution is -2.32. The zero-order valence-corrected chi connectivity index (χ0v) is 17.2. The summed E-state index contributed by atoms with van der Waals surface area (Å²) >= 11 is 13.7. The Bertz CT molecular complexity index is 772. The highest BCUT2D eigenvalue weighted by atomic mass is 79.9. The van der Waals surface area contributed by atoms with Crippen molar-refractivity contribution in [1.82, 2.24) is 10.3 Å². The van der Waals surface area contributed by atoms with Crippen molar-refractivity contribution >= 4 is 43.5 Å². The van der Waals surface area contributed by atoms with Gasteiger partial charge in [-0.2, -0.15) is 0 Å². The van der Waals surface area contributed by atoms with Crippen molar-refractivity contribution in [2.75, 3.05) is 13.1 Å². The van der Waals surface area contributed by atoms with Gasteiger partial charge < -0.3 is 5.32 Å². The van der Waals surface area contributed by atoms with Gasteiger partial charge in [0.05, 0.1) is 5.69 Å². The van der Waals surface area contributed by atoms with E-state index in [2.05, 4.69) is 49.3 Å². The first kappa shape index (κ1) is 17.0. The van der Waals surface area contributed by atoms with E-state index in [1.807, 2.05) is 12.3 Å². The minimum absolute atomic E-state index is 0.347. The maximum absolute atomic E-state index is 6.34. The van der Waals surface area contributed by atoms with Crippen LogP contribution in [0.1, 0.15) is 41.1 Å². The van der Waals surface area contributed by atoms with Crippen molar-refractivity contribution < 1.29 is 0 Å². The summed E-state index contributed by atoms with van der Waals surface area (Å²) in [5.41, 5.74) is 5.39. The van der Waals surface area contributed by atoms with E-state index >= 15 is 0 Å². The molecule has 1 N–H and O–H groups in total. The van der Waals surface area contributed by atoms with Crippen molar-refractivity contribution in [1.29, 1.82) is 0 Å². The molecule has 2 nitrogen and oxygen atoms in total. The summed E-state index contributed by atoms with van der Waals surface area (Å²) in [5, 5.41) is 4.30. The molecule has 0 bridgehead atoms. The van der Waals surface area contributed by atoms with Gasteiger partial charge in [0, 0.05) is 26.1 Å². The van der Waals surface area contributed by atoms with E-state index in [9.17, 15) is 0 Å². The van der Waals surface area contributed by atoms with Crippen LogP contribution in [0, 0.1) is 5.92 Å². The van der Waals surface area contributed by atoms with E-state index in [0.29, 0.717) is 11.8 Å². The number of aromatic nitrogens is 1. The topological polar surface area (TPSA) is 24.9 Å². The van der Waals surface area contributed by atoms with E-state index in [1.165, 1.54) is 35.2 Å². The number of fused-ring (bicyclic) bond motifs is 2. The lowest BCUT2D eigenvalue weighted by molar-refractivity contribution is 0.338. The summed E-state index contributed by atoms with van der Waals surface area (Å²) in [6.07, 6.45) is 6.36. The van der Waals surface area contributed by atoms with Gasteiger partial charge in [-0.15, -0.1) is 0 Å². The minimum Gasteiger partial charge on any atom is -0.317 e. The van der Waals surface area contributed by atoms with Crippen LogP contribution in [0.25, 0.3) is 0 Å². The number of nitrogens with one attached hydrogen (secondary N) is 1. The average Bonchev–Trinajstić information content (AvgIpc) is 2.72. The molecule has 0 amide bonds. The van der Waals surface area contributed by atoms with Crippen LogP contribution < -0.4 is 5.32 Å². The Labute approximate surface area is 164 Å². The summed E-state index contributed by atoms with van der Waals surface area (Å²) in [5.74, 6) is 0.965. The van der Waals surface area contributed by atoms with E-state index in [4.69, 9.17) is 16.6 Å². The molecular weight excluding hydrogens is 455 g/mol. The molecule has 1 aliphatic heterocycles. The number of rotatable bonds is 1. The molecule has 1 aromatic heterocycles.